The second-order valence-electron chi connectivity index (χ2n) is 14.0. The van der Waals surface area contributed by atoms with E-state index >= 15 is 0 Å². The second-order valence-corrected chi connectivity index (χ2v) is 14.0. The van der Waals surface area contributed by atoms with Gasteiger partial charge in [0.25, 0.3) is 0 Å². The Labute approximate surface area is 223 Å². The molecule has 7 heteroatoms. The third-order valence-electron chi connectivity index (χ3n) is 12.4. The van der Waals surface area contributed by atoms with Crippen LogP contribution in [0.4, 0.5) is 0 Å². The highest BCUT2D eigenvalue weighted by atomic mass is 16.5. The fraction of sp³-hybridized carbons (Fsp3) is 0.967. The number of carbonyl (C=O) groups excluding carboxylic acids is 1. The van der Waals surface area contributed by atoms with E-state index < -0.39 is 23.9 Å². The van der Waals surface area contributed by atoms with Gasteiger partial charge in [-0.05, 0) is 92.8 Å². The summed E-state index contributed by atoms with van der Waals surface area (Å²) in [5.41, 5.74) is -0.789. The van der Waals surface area contributed by atoms with Crippen molar-refractivity contribution < 1.29 is 34.3 Å². The Morgan fingerprint density at radius 3 is 2.30 bits per heavy atom. The van der Waals surface area contributed by atoms with Gasteiger partial charge >= 0.3 is 5.97 Å². The van der Waals surface area contributed by atoms with E-state index in [1.165, 1.54) is 0 Å². The van der Waals surface area contributed by atoms with Gasteiger partial charge in [-0.15, -0.1) is 0 Å². The van der Waals surface area contributed by atoms with Gasteiger partial charge in [0.2, 0.25) is 0 Å². The third-order valence-corrected chi connectivity index (χ3v) is 12.4. The van der Waals surface area contributed by atoms with E-state index in [0.717, 1.165) is 25.7 Å². The molecule has 4 rings (SSSR count). The van der Waals surface area contributed by atoms with Crippen LogP contribution < -0.4 is 0 Å². The second kappa shape index (κ2) is 10.3. The van der Waals surface area contributed by atoms with Gasteiger partial charge in [-0.3, -0.25) is 4.79 Å². The summed E-state index contributed by atoms with van der Waals surface area (Å²) in [7, 11) is 3.30. The minimum atomic E-state index is -0.873. The molecule has 0 aromatic rings. The molecule has 3 aliphatic carbocycles. The lowest BCUT2D eigenvalue weighted by Gasteiger charge is -2.56. The van der Waals surface area contributed by atoms with Gasteiger partial charge in [0.05, 0.1) is 42.5 Å². The Morgan fingerprint density at radius 2 is 1.68 bits per heavy atom. The molecule has 4 aliphatic rings. The summed E-state index contributed by atoms with van der Waals surface area (Å²) in [5, 5.41) is 33.1. The summed E-state index contributed by atoms with van der Waals surface area (Å²) in [6, 6.07) is 0. The summed E-state index contributed by atoms with van der Waals surface area (Å²) in [6.07, 6.45) is 2.55. The predicted molar refractivity (Wildman–Crippen MR) is 141 cm³/mol. The largest absolute Gasteiger partial charge is 0.465 e. The van der Waals surface area contributed by atoms with Crippen LogP contribution in [0.3, 0.4) is 0 Å². The van der Waals surface area contributed by atoms with Crippen LogP contribution in [0, 0.1) is 52.3 Å². The average molecular weight is 525 g/mol. The Hall–Kier alpha value is -0.730. The number of aliphatic hydroxyl groups is 3. The van der Waals surface area contributed by atoms with Gasteiger partial charge in [-0.2, -0.15) is 0 Å². The molecule has 0 aromatic heterocycles. The highest BCUT2D eigenvalue weighted by Crippen LogP contribution is 2.66. The standard InChI is InChI=1S/C30H52O7/c1-16(25(32)26(33)17(2)28(3,4)36-8)19-9-10-20-18-15-37-27(34)22-13-23(31)24(35-7)14-30(22,6)21(18)11-12-29(19,20)5/h16-26,31-33H,9-15H2,1-8H3/t16-,17-,18-,19+,20-,21-,22+,23-,24+,25+,26+,29+,30+/m0/s1. The van der Waals surface area contributed by atoms with Crippen LogP contribution in [0.25, 0.3) is 0 Å². The first-order chi connectivity index (χ1) is 17.2. The number of fused-ring (bicyclic) bond motifs is 5. The molecule has 1 aliphatic heterocycles. The summed E-state index contributed by atoms with van der Waals surface area (Å²) < 4.78 is 17.2. The van der Waals surface area contributed by atoms with Gasteiger partial charge in [0.1, 0.15) is 0 Å². The van der Waals surface area contributed by atoms with E-state index in [-0.39, 0.29) is 52.5 Å². The molecule has 3 saturated carbocycles. The number of carbonyl (C=O) groups is 1. The van der Waals surface area contributed by atoms with Crippen LogP contribution in [-0.4, -0.2) is 72.1 Å². The number of cyclic esters (lactones) is 1. The Bertz CT molecular complexity index is 831. The minimum Gasteiger partial charge on any atom is -0.465 e. The maximum atomic E-state index is 13.2. The molecule has 0 amide bonds. The van der Waals surface area contributed by atoms with Crippen molar-refractivity contribution in [3.8, 4) is 0 Å². The van der Waals surface area contributed by atoms with Gasteiger partial charge in [0, 0.05) is 20.1 Å². The fourth-order valence-electron chi connectivity index (χ4n) is 9.35. The summed E-state index contributed by atoms with van der Waals surface area (Å²) >= 11 is 0. The fourth-order valence-corrected chi connectivity index (χ4v) is 9.35. The zero-order chi connectivity index (χ0) is 27.5. The number of ether oxygens (including phenoxy) is 3. The van der Waals surface area contributed by atoms with Gasteiger partial charge in [-0.25, -0.2) is 0 Å². The van der Waals surface area contributed by atoms with Crippen LogP contribution in [0.15, 0.2) is 0 Å². The lowest BCUT2D eigenvalue weighted by atomic mass is 9.48. The van der Waals surface area contributed by atoms with Crippen LogP contribution >= 0.6 is 0 Å². The zero-order valence-corrected chi connectivity index (χ0v) is 24.3. The maximum absolute atomic E-state index is 13.2. The van der Waals surface area contributed by atoms with Gasteiger partial charge in [-0.1, -0.05) is 27.7 Å². The van der Waals surface area contributed by atoms with Gasteiger partial charge < -0.3 is 29.5 Å². The molecule has 214 valence electrons. The quantitative estimate of drug-likeness (QED) is 0.435. The van der Waals surface area contributed by atoms with Crippen LogP contribution in [0.2, 0.25) is 0 Å². The minimum absolute atomic E-state index is 0.0126. The monoisotopic (exact) mass is 524 g/mol. The molecular formula is C30H52O7. The van der Waals surface area contributed by atoms with Crippen molar-refractivity contribution in [2.24, 2.45) is 52.3 Å². The molecular weight excluding hydrogens is 472 g/mol. The molecule has 0 spiro atoms. The number of aliphatic hydroxyl groups excluding tert-OH is 3. The molecule has 1 saturated heterocycles. The number of methoxy groups -OCH3 is 2. The van der Waals surface area contributed by atoms with Crippen molar-refractivity contribution in [3.05, 3.63) is 0 Å². The lowest BCUT2D eigenvalue weighted by Crippen LogP contribution is -2.55. The third kappa shape index (κ3) is 4.69. The zero-order valence-electron chi connectivity index (χ0n) is 24.3. The van der Waals surface area contributed by atoms with Crippen LogP contribution in [0.5, 0.6) is 0 Å². The molecule has 3 N–H and O–H groups in total. The molecule has 0 radical (unpaired) electrons. The molecule has 7 nitrogen and oxygen atoms in total. The van der Waals surface area contributed by atoms with Crippen molar-refractivity contribution in [2.75, 3.05) is 20.8 Å². The number of rotatable bonds is 7. The summed E-state index contributed by atoms with van der Waals surface area (Å²) in [6.45, 7) is 13.0. The van der Waals surface area contributed by atoms with E-state index in [1.807, 2.05) is 20.8 Å². The molecule has 13 atom stereocenters. The molecule has 0 unspecified atom stereocenters. The first-order valence-corrected chi connectivity index (χ1v) is 14.5. The van der Waals surface area contributed by atoms with Crippen molar-refractivity contribution in [3.63, 3.8) is 0 Å². The van der Waals surface area contributed by atoms with E-state index in [1.54, 1.807) is 14.2 Å². The molecule has 0 bridgehead atoms. The summed E-state index contributed by atoms with van der Waals surface area (Å²) in [4.78, 5) is 13.2. The van der Waals surface area contributed by atoms with E-state index in [9.17, 15) is 20.1 Å². The topological polar surface area (TPSA) is 105 Å². The number of hydrogen-bond acceptors (Lipinski definition) is 7. The van der Waals surface area contributed by atoms with Crippen LogP contribution in [0.1, 0.15) is 80.1 Å². The Morgan fingerprint density at radius 1 is 1.03 bits per heavy atom. The highest BCUT2D eigenvalue weighted by molar-refractivity contribution is 5.74. The normalized spacial score (nSPS) is 45.5. The van der Waals surface area contributed by atoms with E-state index in [0.29, 0.717) is 31.3 Å². The van der Waals surface area contributed by atoms with Crippen molar-refractivity contribution in [1.82, 2.24) is 0 Å². The Kier molecular flexibility index (Phi) is 8.18. The van der Waals surface area contributed by atoms with Crippen LogP contribution in [-0.2, 0) is 19.0 Å². The first kappa shape index (κ1) is 29.3. The van der Waals surface area contributed by atoms with Crippen molar-refractivity contribution >= 4 is 5.97 Å². The molecule has 4 fully saturated rings. The van der Waals surface area contributed by atoms with Crippen molar-refractivity contribution in [1.29, 1.82) is 0 Å². The predicted octanol–water partition coefficient (Wildman–Crippen LogP) is 3.81. The molecule has 37 heavy (non-hydrogen) atoms. The number of hydrogen-bond donors (Lipinski definition) is 3. The maximum Gasteiger partial charge on any atom is 0.309 e. The highest BCUT2D eigenvalue weighted by Gasteiger charge is 2.63. The number of esters is 1. The average Bonchev–Trinajstić information content (AvgIpc) is 3.18. The molecule has 1 heterocycles. The lowest BCUT2D eigenvalue weighted by molar-refractivity contribution is -0.164. The smallest absolute Gasteiger partial charge is 0.309 e. The van der Waals surface area contributed by atoms with Gasteiger partial charge in [0.15, 0.2) is 0 Å². The Balaban J connectivity index is 1.57. The summed E-state index contributed by atoms with van der Waals surface area (Å²) in [5.74, 6) is 0.529. The van der Waals surface area contributed by atoms with Crippen molar-refractivity contribution in [2.45, 2.75) is 110 Å². The molecule has 0 aromatic carbocycles. The SMILES string of the molecule is CO[C@@H]1C[C@@]2(C)[C@H](C[C@@H]1O)C(=O)OC[C@@H]1[C@@H]2CC[C@]2(C)[C@@H]([C@H](C)[C@@H](O)[C@H](O)[C@H](C)C(C)(C)OC)CC[C@@H]12. The first-order valence-electron chi connectivity index (χ1n) is 14.5. The van der Waals surface area contributed by atoms with E-state index in [4.69, 9.17) is 14.2 Å². The van der Waals surface area contributed by atoms with E-state index in [2.05, 4.69) is 20.8 Å².